The highest BCUT2D eigenvalue weighted by Gasteiger charge is 2.31. The Bertz CT molecular complexity index is 355. The van der Waals surface area contributed by atoms with E-state index in [-0.39, 0.29) is 6.10 Å². The number of halogens is 1. The van der Waals surface area contributed by atoms with Crippen LogP contribution in [-0.4, -0.2) is 33.2 Å². The first-order valence-corrected chi connectivity index (χ1v) is 9.62. The number of rotatable bonds is 4. The summed E-state index contributed by atoms with van der Waals surface area (Å²) in [6.45, 7) is 2.23. The van der Waals surface area contributed by atoms with Gasteiger partial charge < -0.3 is 5.11 Å². The smallest absolute Gasteiger partial charge is 0.0718 e. The molecule has 1 nitrogen and oxygen atoms in total. The topological polar surface area (TPSA) is 20.2 Å². The van der Waals surface area contributed by atoms with Gasteiger partial charge >= 0.3 is 0 Å². The summed E-state index contributed by atoms with van der Waals surface area (Å²) in [4.78, 5) is 1.27. The fourth-order valence-corrected chi connectivity index (χ4v) is 6.79. The summed E-state index contributed by atoms with van der Waals surface area (Å²) in [6, 6.07) is 2.06. The molecule has 3 atom stereocenters. The monoisotopic (exact) mass is 352 g/mol. The average molecular weight is 353 g/mol. The van der Waals surface area contributed by atoms with E-state index in [4.69, 9.17) is 0 Å². The zero-order valence-corrected chi connectivity index (χ0v) is 13.8. The van der Waals surface area contributed by atoms with Crippen LogP contribution in [0.2, 0.25) is 0 Å². The summed E-state index contributed by atoms with van der Waals surface area (Å²) in [5.41, 5.74) is 0. The molecule has 1 aliphatic heterocycles. The van der Waals surface area contributed by atoms with Crippen molar-refractivity contribution in [2.75, 3.05) is 11.5 Å². The van der Waals surface area contributed by atoms with Crippen LogP contribution in [0, 0.1) is 0 Å². The van der Waals surface area contributed by atoms with Crippen LogP contribution in [0.15, 0.2) is 15.9 Å². The zero-order chi connectivity index (χ0) is 12.3. The summed E-state index contributed by atoms with van der Waals surface area (Å²) in [5.74, 6) is 2.41. The van der Waals surface area contributed by atoms with Crippen molar-refractivity contribution in [1.82, 2.24) is 0 Å². The van der Waals surface area contributed by atoms with E-state index < -0.39 is 0 Å². The molecule has 3 unspecified atom stereocenters. The molecule has 0 aromatic carbocycles. The van der Waals surface area contributed by atoms with Gasteiger partial charge in [-0.05, 0) is 33.8 Å². The molecule has 1 aromatic rings. The van der Waals surface area contributed by atoms with E-state index in [1.807, 2.05) is 23.5 Å². The van der Waals surface area contributed by atoms with E-state index >= 15 is 0 Å². The molecule has 2 heterocycles. The molecular weight excluding hydrogens is 336 g/mol. The Morgan fingerprint density at radius 1 is 1.47 bits per heavy atom. The first-order chi connectivity index (χ1) is 8.22. The Balaban J connectivity index is 1.98. The molecule has 0 amide bonds. The van der Waals surface area contributed by atoms with Crippen molar-refractivity contribution in [1.29, 1.82) is 0 Å². The van der Waals surface area contributed by atoms with Crippen molar-refractivity contribution in [3.8, 4) is 0 Å². The lowest BCUT2D eigenvalue weighted by Crippen LogP contribution is -2.37. The summed E-state index contributed by atoms with van der Waals surface area (Å²) in [7, 11) is 0. The van der Waals surface area contributed by atoms with Gasteiger partial charge in [-0.3, -0.25) is 0 Å². The number of thioether (sulfide) groups is 2. The van der Waals surface area contributed by atoms with Gasteiger partial charge in [0.25, 0.3) is 0 Å². The van der Waals surface area contributed by atoms with Gasteiger partial charge in [0, 0.05) is 37.8 Å². The minimum atomic E-state index is -0.215. The van der Waals surface area contributed by atoms with Gasteiger partial charge in [0.15, 0.2) is 0 Å². The van der Waals surface area contributed by atoms with Crippen molar-refractivity contribution < 1.29 is 5.11 Å². The predicted molar refractivity (Wildman–Crippen MR) is 84.5 cm³/mol. The fraction of sp³-hybridized carbons (Fsp3) is 0.667. The quantitative estimate of drug-likeness (QED) is 0.882. The van der Waals surface area contributed by atoms with Crippen LogP contribution in [0.25, 0.3) is 0 Å². The van der Waals surface area contributed by atoms with Crippen LogP contribution >= 0.6 is 50.8 Å². The van der Waals surface area contributed by atoms with Crippen molar-refractivity contribution >= 4 is 50.8 Å². The van der Waals surface area contributed by atoms with Gasteiger partial charge in [-0.2, -0.15) is 23.5 Å². The highest BCUT2D eigenvalue weighted by atomic mass is 79.9. The van der Waals surface area contributed by atoms with Crippen molar-refractivity contribution in [2.45, 2.75) is 36.4 Å². The van der Waals surface area contributed by atoms with Crippen molar-refractivity contribution in [3.05, 3.63) is 20.8 Å². The second-order valence-corrected chi connectivity index (χ2v) is 8.60. The second kappa shape index (κ2) is 6.85. The molecule has 0 spiro atoms. The highest BCUT2D eigenvalue weighted by Crippen LogP contribution is 2.37. The van der Waals surface area contributed by atoms with E-state index in [0.29, 0.717) is 10.5 Å². The minimum Gasteiger partial charge on any atom is -0.392 e. The molecule has 0 radical (unpaired) electrons. The molecule has 1 aliphatic rings. The number of aliphatic hydroxyl groups is 1. The maximum Gasteiger partial charge on any atom is 0.0718 e. The maximum absolute atomic E-state index is 10.4. The van der Waals surface area contributed by atoms with Crippen LogP contribution in [-0.2, 0) is 6.42 Å². The zero-order valence-electron chi connectivity index (χ0n) is 9.77. The molecule has 1 fully saturated rings. The summed E-state index contributed by atoms with van der Waals surface area (Å²) in [5, 5.41) is 13.5. The third-order valence-electron chi connectivity index (χ3n) is 2.96. The predicted octanol–water partition coefficient (Wildman–Crippen LogP) is 4.04. The Hall–Kier alpha value is 0.840. The summed E-state index contributed by atoms with van der Waals surface area (Å²) in [6.07, 6.45) is 1.73. The Morgan fingerprint density at radius 2 is 2.24 bits per heavy atom. The van der Waals surface area contributed by atoms with E-state index in [1.54, 1.807) is 11.3 Å². The molecule has 1 aromatic heterocycles. The Kier molecular flexibility index (Phi) is 5.74. The van der Waals surface area contributed by atoms with Gasteiger partial charge in [-0.1, -0.05) is 6.92 Å². The van der Waals surface area contributed by atoms with E-state index in [1.165, 1.54) is 16.4 Å². The third kappa shape index (κ3) is 3.66. The molecule has 0 bridgehead atoms. The highest BCUT2D eigenvalue weighted by molar-refractivity contribution is 9.10. The van der Waals surface area contributed by atoms with Crippen molar-refractivity contribution in [2.24, 2.45) is 0 Å². The largest absolute Gasteiger partial charge is 0.392 e. The van der Waals surface area contributed by atoms with Crippen LogP contribution in [0.3, 0.4) is 0 Å². The second-order valence-electron chi connectivity index (χ2n) is 4.12. The molecule has 0 aliphatic carbocycles. The Morgan fingerprint density at radius 3 is 2.88 bits per heavy atom. The van der Waals surface area contributed by atoms with E-state index in [2.05, 4.69) is 34.3 Å². The van der Waals surface area contributed by atoms with Crippen LogP contribution < -0.4 is 0 Å². The normalized spacial score (nSPS) is 27.0. The summed E-state index contributed by atoms with van der Waals surface area (Å²) < 4.78 is 1.14. The number of hydrogen-bond acceptors (Lipinski definition) is 4. The van der Waals surface area contributed by atoms with Gasteiger partial charge in [-0.25, -0.2) is 0 Å². The maximum atomic E-state index is 10.4. The van der Waals surface area contributed by atoms with E-state index in [0.717, 1.165) is 17.3 Å². The van der Waals surface area contributed by atoms with Crippen molar-refractivity contribution in [3.63, 3.8) is 0 Å². The van der Waals surface area contributed by atoms with Gasteiger partial charge in [-0.15, -0.1) is 11.3 Å². The fourth-order valence-electron chi connectivity index (χ4n) is 2.07. The number of aliphatic hydroxyl groups excluding tert-OH is 1. The Labute approximate surface area is 124 Å². The van der Waals surface area contributed by atoms with E-state index in [9.17, 15) is 5.11 Å². The van der Waals surface area contributed by atoms with Gasteiger partial charge in [0.2, 0.25) is 0 Å². The molecule has 5 heteroatoms. The third-order valence-corrected chi connectivity index (χ3v) is 8.30. The standard InChI is InChI=1S/C12H17BrOS3/c1-2-10-12(17-6-5-16-10)9(14)7-11-8(13)3-4-15-11/h3-4,9-10,12,14H,2,5-7H2,1H3. The molecule has 1 N–H and O–H groups in total. The number of hydrogen-bond donors (Lipinski definition) is 1. The molecule has 1 saturated heterocycles. The number of thiophene rings is 1. The molecule has 96 valence electrons. The lowest BCUT2D eigenvalue weighted by molar-refractivity contribution is 0.170. The molecular formula is C12H17BrOS3. The first kappa shape index (κ1) is 14.3. The average Bonchev–Trinajstić information content (AvgIpc) is 2.75. The summed E-state index contributed by atoms with van der Waals surface area (Å²) >= 11 is 9.24. The lowest BCUT2D eigenvalue weighted by Gasteiger charge is -2.33. The van der Waals surface area contributed by atoms with Gasteiger partial charge in [0.05, 0.1) is 6.10 Å². The van der Waals surface area contributed by atoms with Gasteiger partial charge in [0.1, 0.15) is 0 Å². The molecule has 2 rings (SSSR count). The van der Waals surface area contributed by atoms with Crippen LogP contribution in [0.1, 0.15) is 18.2 Å². The van der Waals surface area contributed by atoms with Crippen LogP contribution in [0.5, 0.6) is 0 Å². The van der Waals surface area contributed by atoms with Crippen LogP contribution in [0.4, 0.5) is 0 Å². The minimum absolute atomic E-state index is 0.215. The molecule has 17 heavy (non-hydrogen) atoms. The SMILES string of the molecule is CCC1SCCSC1C(O)Cc1sccc1Br. The molecule has 0 saturated carbocycles. The lowest BCUT2D eigenvalue weighted by atomic mass is 10.1. The first-order valence-electron chi connectivity index (χ1n) is 5.85.